The summed E-state index contributed by atoms with van der Waals surface area (Å²) in [6.45, 7) is 0. The van der Waals surface area contributed by atoms with Crippen molar-refractivity contribution in [2.75, 3.05) is 7.11 Å². The fraction of sp³-hybridized carbons (Fsp3) is 0.111. The fourth-order valence-electron chi connectivity index (χ4n) is 6.09. The Kier molecular flexibility index (Phi) is 6.75. The lowest BCUT2D eigenvalue weighted by molar-refractivity contribution is 0.0600. The predicted molar refractivity (Wildman–Crippen MR) is 166 cm³/mol. The number of imidazole rings is 1. The van der Waals surface area contributed by atoms with Crippen LogP contribution >= 0.6 is 0 Å². The monoisotopic (exact) mass is 563 g/mol. The number of rotatable bonds is 7. The average Bonchev–Trinajstić information content (AvgIpc) is 3.74. The Morgan fingerprint density at radius 3 is 2.23 bits per heavy atom. The quantitative estimate of drug-likeness (QED) is 0.196. The number of pyridine rings is 2. The average molecular weight is 564 g/mol. The van der Waals surface area contributed by atoms with E-state index in [1.54, 1.807) is 18.3 Å². The molecule has 7 nitrogen and oxygen atoms in total. The zero-order valence-electron chi connectivity index (χ0n) is 23.6. The molecular weight excluding hydrogens is 534 g/mol. The Bertz CT molecular complexity index is 1910. The molecule has 0 amide bonds. The van der Waals surface area contributed by atoms with Gasteiger partial charge in [0.2, 0.25) is 0 Å². The molecule has 0 fully saturated rings. The second-order valence-corrected chi connectivity index (χ2v) is 10.5. The molecule has 0 radical (unpaired) electrons. The molecule has 1 atom stereocenters. The molecule has 1 aliphatic rings. The van der Waals surface area contributed by atoms with Gasteiger partial charge in [0.05, 0.1) is 36.5 Å². The minimum absolute atomic E-state index is 0.150. The van der Waals surface area contributed by atoms with Crippen molar-refractivity contribution in [1.29, 1.82) is 0 Å². The highest BCUT2D eigenvalue weighted by Crippen LogP contribution is 2.44. The molecule has 0 spiro atoms. The normalized spacial score (nSPS) is 14.7. The Balaban J connectivity index is 1.35. The van der Waals surface area contributed by atoms with Gasteiger partial charge in [-0.1, -0.05) is 85.0 Å². The van der Waals surface area contributed by atoms with E-state index in [-0.39, 0.29) is 5.92 Å². The summed E-state index contributed by atoms with van der Waals surface area (Å²) in [7, 11) is 1.36. The first-order valence-corrected chi connectivity index (χ1v) is 14.2. The standard InChI is InChI=1S/C36H29N5O2/c1-43-35(42)26-17-19-32(37-21-26)33-23-38-34-20-18-27(24-40(33)34)28-22-39-41(25-28)36(29-11-5-2-6-12-29,30-13-7-3-8-14-30)31-15-9-4-10-16-31/h2-15,17-25,31H,16H2,1H3. The van der Waals surface area contributed by atoms with Gasteiger partial charge in [-0.15, -0.1) is 0 Å². The SMILES string of the molecule is COC(=O)c1ccc(-c2cnc3ccc(-c4cnn(C(c5ccccc5)(c5ccccc5)C5C=CC=CC5)c4)cn23)nc1. The molecule has 1 unspecified atom stereocenters. The zero-order valence-corrected chi connectivity index (χ0v) is 23.6. The van der Waals surface area contributed by atoms with Gasteiger partial charge in [-0.2, -0.15) is 5.10 Å². The molecule has 0 saturated heterocycles. The van der Waals surface area contributed by atoms with Crippen molar-refractivity contribution in [3.05, 3.63) is 157 Å². The van der Waals surface area contributed by atoms with Gasteiger partial charge in [0.25, 0.3) is 0 Å². The molecule has 0 aliphatic heterocycles. The first-order chi connectivity index (χ1) is 21.2. The van der Waals surface area contributed by atoms with Crippen LogP contribution in [0.2, 0.25) is 0 Å². The number of hydrogen-bond acceptors (Lipinski definition) is 5. The number of allylic oxidation sites excluding steroid dienone is 4. The van der Waals surface area contributed by atoms with Crippen LogP contribution < -0.4 is 0 Å². The first kappa shape index (κ1) is 26.3. The lowest BCUT2D eigenvalue weighted by atomic mass is 9.70. The highest BCUT2D eigenvalue weighted by molar-refractivity contribution is 5.89. The van der Waals surface area contributed by atoms with Crippen LogP contribution in [-0.4, -0.2) is 37.2 Å². The topological polar surface area (TPSA) is 74.3 Å². The molecule has 1 aliphatic carbocycles. The van der Waals surface area contributed by atoms with E-state index >= 15 is 0 Å². The van der Waals surface area contributed by atoms with Crippen LogP contribution in [0.5, 0.6) is 0 Å². The molecule has 7 heteroatoms. The summed E-state index contributed by atoms with van der Waals surface area (Å²) < 4.78 is 8.96. The highest BCUT2D eigenvalue weighted by Gasteiger charge is 2.43. The molecule has 0 saturated carbocycles. The van der Waals surface area contributed by atoms with Crippen LogP contribution in [-0.2, 0) is 10.3 Å². The minimum atomic E-state index is -0.558. The van der Waals surface area contributed by atoms with Gasteiger partial charge < -0.3 is 4.74 Å². The van der Waals surface area contributed by atoms with Gasteiger partial charge in [0.1, 0.15) is 11.2 Å². The molecule has 4 aromatic heterocycles. The van der Waals surface area contributed by atoms with E-state index < -0.39 is 11.5 Å². The zero-order chi connectivity index (χ0) is 29.2. The first-order valence-electron chi connectivity index (χ1n) is 14.2. The van der Waals surface area contributed by atoms with E-state index in [4.69, 9.17) is 9.84 Å². The van der Waals surface area contributed by atoms with Gasteiger partial charge in [-0.3, -0.25) is 14.1 Å². The number of benzene rings is 2. The Labute approximate surface area is 249 Å². The number of hydrogen-bond donors (Lipinski definition) is 0. The van der Waals surface area contributed by atoms with E-state index in [1.807, 2.05) is 16.7 Å². The molecule has 210 valence electrons. The molecular formula is C36H29N5O2. The largest absolute Gasteiger partial charge is 0.465 e. The second-order valence-electron chi connectivity index (χ2n) is 10.5. The van der Waals surface area contributed by atoms with Gasteiger partial charge in [0.15, 0.2) is 0 Å². The molecule has 0 bridgehead atoms. The number of aromatic nitrogens is 5. The van der Waals surface area contributed by atoms with Crippen LogP contribution in [0.4, 0.5) is 0 Å². The number of esters is 1. The van der Waals surface area contributed by atoms with Gasteiger partial charge in [0, 0.05) is 35.6 Å². The molecule has 2 aromatic carbocycles. The van der Waals surface area contributed by atoms with Gasteiger partial charge in [-0.05, 0) is 41.8 Å². The van der Waals surface area contributed by atoms with Crippen LogP contribution in [0.15, 0.2) is 140 Å². The van der Waals surface area contributed by atoms with Crippen LogP contribution in [0, 0.1) is 5.92 Å². The van der Waals surface area contributed by atoms with Crippen molar-refractivity contribution in [3.8, 4) is 22.5 Å². The summed E-state index contributed by atoms with van der Waals surface area (Å²) in [6.07, 6.45) is 19.1. The molecule has 6 aromatic rings. The van der Waals surface area contributed by atoms with E-state index in [0.717, 1.165) is 28.9 Å². The predicted octanol–water partition coefficient (Wildman–Crippen LogP) is 6.97. The van der Waals surface area contributed by atoms with Gasteiger partial charge in [-0.25, -0.2) is 9.78 Å². The van der Waals surface area contributed by atoms with Crippen LogP contribution in [0.1, 0.15) is 27.9 Å². The lowest BCUT2D eigenvalue weighted by Crippen LogP contribution is -2.43. The minimum Gasteiger partial charge on any atom is -0.465 e. The summed E-state index contributed by atoms with van der Waals surface area (Å²) in [4.78, 5) is 21.0. The highest BCUT2D eigenvalue weighted by atomic mass is 16.5. The fourth-order valence-corrected chi connectivity index (χ4v) is 6.09. The number of carbonyl (C=O) groups is 1. The van der Waals surface area contributed by atoms with E-state index in [0.29, 0.717) is 11.3 Å². The number of nitrogens with zero attached hydrogens (tertiary/aromatic N) is 5. The molecule has 43 heavy (non-hydrogen) atoms. The van der Waals surface area contributed by atoms with E-state index in [2.05, 4.69) is 118 Å². The third-order valence-electron chi connectivity index (χ3n) is 8.17. The third kappa shape index (κ3) is 4.55. The van der Waals surface area contributed by atoms with Crippen molar-refractivity contribution >= 4 is 11.6 Å². The lowest BCUT2D eigenvalue weighted by Gasteiger charge is -2.41. The Morgan fingerprint density at radius 1 is 0.814 bits per heavy atom. The number of carbonyl (C=O) groups excluding carboxylic acids is 1. The molecule has 4 heterocycles. The van der Waals surface area contributed by atoms with Crippen molar-refractivity contribution in [1.82, 2.24) is 24.1 Å². The van der Waals surface area contributed by atoms with Crippen molar-refractivity contribution in [2.24, 2.45) is 5.92 Å². The summed E-state index contributed by atoms with van der Waals surface area (Å²) in [5.74, 6) is -0.268. The van der Waals surface area contributed by atoms with Crippen LogP contribution in [0.3, 0.4) is 0 Å². The maximum Gasteiger partial charge on any atom is 0.339 e. The third-order valence-corrected chi connectivity index (χ3v) is 8.17. The number of ether oxygens (including phenoxy) is 1. The Morgan fingerprint density at radius 2 is 1.58 bits per heavy atom. The smallest absolute Gasteiger partial charge is 0.339 e. The molecule has 0 N–H and O–H groups in total. The number of methoxy groups -OCH3 is 1. The van der Waals surface area contributed by atoms with Crippen molar-refractivity contribution < 1.29 is 9.53 Å². The van der Waals surface area contributed by atoms with Gasteiger partial charge >= 0.3 is 5.97 Å². The summed E-state index contributed by atoms with van der Waals surface area (Å²) in [5.41, 5.74) is 6.51. The summed E-state index contributed by atoms with van der Waals surface area (Å²) in [6, 6.07) is 28.9. The van der Waals surface area contributed by atoms with Crippen LogP contribution in [0.25, 0.3) is 28.2 Å². The number of fused-ring (bicyclic) bond motifs is 1. The van der Waals surface area contributed by atoms with E-state index in [9.17, 15) is 4.79 Å². The Hall–Kier alpha value is -5.56. The van der Waals surface area contributed by atoms with E-state index in [1.165, 1.54) is 24.4 Å². The van der Waals surface area contributed by atoms with Crippen molar-refractivity contribution in [3.63, 3.8) is 0 Å². The maximum atomic E-state index is 11.9. The van der Waals surface area contributed by atoms with Crippen molar-refractivity contribution in [2.45, 2.75) is 12.0 Å². The maximum absolute atomic E-state index is 11.9. The second kappa shape index (κ2) is 11.0. The molecule has 7 rings (SSSR count). The summed E-state index contributed by atoms with van der Waals surface area (Å²) >= 11 is 0. The summed E-state index contributed by atoms with van der Waals surface area (Å²) in [5, 5.41) is 5.05.